The third-order valence-electron chi connectivity index (χ3n) is 4.26. The van der Waals surface area contributed by atoms with Crippen LogP contribution in [0.4, 0.5) is 0 Å². The highest BCUT2D eigenvalue weighted by Crippen LogP contribution is 2.18. The molecule has 0 amide bonds. The van der Waals surface area contributed by atoms with E-state index in [1.807, 2.05) is 6.20 Å². The number of fused-ring (bicyclic) bond motifs is 1. The molecule has 2 aromatic rings. The fourth-order valence-electron chi connectivity index (χ4n) is 3.12. The Kier molecular flexibility index (Phi) is 4.80. The molecule has 1 fully saturated rings. The largest absolute Gasteiger partial charge is 0.329 e. The van der Waals surface area contributed by atoms with Crippen LogP contribution in [0.1, 0.15) is 12.0 Å². The van der Waals surface area contributed by atoms with Crippen molar-refractivity contribution in [1.82, 2.24) is 14.8 Å². The molecule has 1 aliphatic rings. The van der Waals surface area contributed by atoms with Gasteiger partial charge in [0.25, 0.3) is 0 Å². The summed E-state index contributed by atoms with van der Waals surface area (Å²) in [5.41, 5.74) is 8.14. The quantitative estimate of drug-likeness (QED) is 0.928. The standard InChI is InChI=1S/C17H24N4/c18-7-11-20-9-3-10-21(13-12-20)14-15-6-8-19-17-5-2-1-4-16(15)17/h1-2,4-6,8H,3,7,9-14,18H2. The van der Waals surface area contributed by atoms with Crippen LogP contribution in [0.25, 0.3) is 10.9 Å². The van der Waals surface area contributed by atoms with Gasteiger partial charge in [-0.2, -0.15) is 0 Å². The van der Waals surface area contributed by atoms with Crippen molar-refractivity contribution in [1.29, 1.82) is 0 Å². The predicted molar refractivity (Wildman–Crippen MR) is 87.1 cm³/mol. The van der Waals surface area contributed by atoms with E-state index in [0.29, 0.717) is 0 Å². The average molecular weight is 284 g/mol. The summed E-state index contributed by atoms with van der Waals surface area (Å²) in [6.45, 7) is 7.37. The van der Waals surface area contributed by atoms with Crippen LogP contribution in [0.3, 0.4) is 0 Å². The molecule has 21 heavy (non-hydrogen) atoms. The SMILES string of the molecule is NCCN1CCCN(Cc2ccnc3ccccc23)CC1. The van der Waals surface area contributed by atoms with Gasteiger partial charge in [-0.1, -0.05) is 18.2 Å². The summed E-state index contributed by atoms with van der Waals surface area (Å²) in [6.07, 6.45) is 3.15. The zero-order valence-corrected chi connectivity index (χ0v) is 12.5. The Hall–Kier alpha value is -1.49. The zero-order valence-electron chi connectivity index (χ0n) is 12.5. The topological polar surface area (TPSA) is 45.4 Å². The van der Waals surface area contributed by atoms with E-state index < -0.39 is 0 Å². The highest BCUT2D eigenvalue weighted by atomic mass is 15.2. The second-order valence-corrected chi connectivity index (χ2v) is 5.75. The van der Waals surface area contributed by atoms with Gasteiger partial charge in [-0.25, -0.2) is 0 Å². The second kappa shape index (κ2) is 6.98. The first-order valence-corrected chi connectivity index (χ1v) is 7.84. The first-order valence-electron chi connectivity index (χ1n) is 7.84. The number of benzene rings is 1. The van der Waals surface area contributed by atoms with Gasteiger partial charge in [-0.05, 0) is 37.2 Å². The molecular formula is C17H24N4. The minimum Gasteiger partial charge on any atom is -0.329 e. The van der Waals surface area contributed by atoms with Crippen molar-refractivity contribution in [3.63, 3.8) is 0 Å². The number of hydrogen-bond acceptors (Lipinski definition) is 4. The van der Waals surface area contributed by atoms with E-state index in [-0.39, 0.29) is 0 Å². The van der Waals surface area contributed by atoms with Crippen molar-refractivity contribution < 1.29 is 0 Å². The van der Waals surface area contributed by atoms with Gasteiger partial charge in [0.1, 0.15) is 0 Å². The van der Waals surface area contributed by atoms with Gasteiger partial charge in [-0.3, -0.25) is 9.88 Å². The Morgan fingerprint density at radius 1 is 1.00 bits per heavy atom. The third kappa shape index (κ3) is 3.59. The third-order valence-corrected chi connectivity index (χ3v) is 4.26. The Morgan fingerprint density at radius 2 is 1.81 bits per heavy atom. The molecule has 0 bridgehead atoms. The molecule has 0 spiro atoms. The summed E-state index contributed by atoms with van der Waals surface area (Å²) < 4.78 is 0. The summed E-state index contributed by atoms with van der Waals surface area (Å²) in [6, 6.07) is 10.6. The molecule has 3 rings (SSSR count). The molecule has 0 aliphatic carbocycles. The van der Waals surface area contributed by atoms with Crippen LogP contribution in [0, 0.1) is 0 Å². The first-order chi connectivity index (χ1) is 10.4. The number of rotatable bonds is 4. The van der Waals surface area contributed by atoms with Crippen molar-refractivity contribution in [2.24, 2.45) is 5.73 Å². The van der Waals surface area contributed by atoms with Crippen molar-refractivity contribution in [3.8, 4) is 0 Å². The maximum absolute atomic E-state index is 5.67. The summed E-state index contributed by atoms with van der Waals surface area (Å²) in [5.74, 6) is 0. The lowest BCUT2D eigenvalue weighted by atomic mass is 10.1. The fourth-order valence-corrected chi connectivity index (χ4v) is 3.12. The lowest BCUT2D eigenvalue weighted by Crippen LogP contribution is -2.33. The van der Waals surface area contributed by atoms with Gasteiger partial charge >= 0.3 is 0 Å². The van der Waals surface area contributed by atoms with Gasteiger partial charge in [-0.15, -0.1) is 0 Å². The number of nitrogens with zero attached hydrogens (tertiary/aromatic N) is 3. The molecule has 0 saturated carbocycles. The molecular weight excluding hydrogens is 260 g/mol. The van der Waals surface area contributed by atoms with Crippen molar-refractivity contribution in [3.05, 3.63) is 42.1 Å². The molecule has 2 heterocycles. The van der Waals surface area contributed by atoms with Gasteiger partial charge < -0.3 is 10.6 Å². The van der Waals surface area contributed by atoms with E-state index in [4.69, 9.17) is 5.73 Å². The van der Waals surface area contributed by atoms with Gasteiger partial charge in [0.15, 0.2) is 0 Å². The lowest BCUT2D eigenvalue weighted by Gasteiger charge is -2.22. The Morgan fingerprint density at radius 3 is 2.71 bits per heavy atom. The maximum Gasteiger partial charge on any atom is 0.0705 e. The Bertz CT molecular complexity index is 579. The van der Waals surface area contributed by atoms with E-state index in [0.717, 1.165) is 44.8 Å². The minimum atomic E-state index is 0.759. The van der Waals surface area contributed by atoms with Gasteiger partial charge in [0.05, 0.1) is 5.52 Å². The van der Waals surface area contributed by atoms with Gasteiger partial charge in [0.2, 0.25) is 0 Å². The van der Waals surface area contributed by atoms with E-state index >= 15 is 0 Å². The summed E-state index contributed by atoms with van der Waals surface area (Å²) in [5, 5.41) is 1.28. The van der Waals surface area contributed by atoms with Crippen LogP contribution in [-0.4, -0.2) is 54.1 Å². The highest BCUT2D eigenvalue weighted by Gasteiger charge is 2.15. The number of aromatic nitrogens is 1. The van der Waals surface area contributed by atoms with E-state index in [2.05, 4.69) is 45.1 Å². The van der Waals surface area contributed by atoms with Crippen LogP contribution in [0.5, 0.6) is 0 Å². The van der Waals surface area contributed by atoms with E-state index in [1.165, 1.54) is 23.9 Å². The number of para-hydroxylation sites is 1. The number of nitrogens with two attached hydrogens (primary N) is 1. The maximum atomic E-state index is 5.67. The molecule has 0 atom stereocenters. The molecule has 0 unspecified atom stereocenters. The molecule has 1 saturated heterocycles. The van der Waals surface area contributed by atoms with Crippen LogP contribution < -0.4 is 5.73 Å². The second-order valence-electron chi connectivity index (χ2n) is 5.75. The molecule has 4 nitrogen and oxygen atoms in total. The summed E-state index contributed by atoms with van der Waals surface area (Å²) >= 11 is 0. The predicted octanol–water partition coefficient (Wildman–Crippen LogP) is 1.70. The number of pyridine rings is 1. The molecule has 2 N–H and O–H groups in total. The Labute approximate surface area is 126 Å². The number of hydrogen-bond donors (Lipinski definition) is 1. The minimum absolute atomic E-state index is 0.759. The molecule has 1 aromatic carbocycles. The fraction of sp³-hybridized carbons (Fsp3) is 0.471. The van der Waals surface area contributed by atoms with Crippen LogP contribution in [-0.2, 0) is 6.54 Å². The molecule has 1 aliphatic heterocycles. The molecule has 1 aromatic heterocycles. The average Bonchev–Trinajstić information content (AvgIpc) is 2.74. The van der Waals surface area contributed by atoms with Crippen molar-refractivity contribution in [2.75, 3.05) is 39.3 Å². The molecule has 112 valence electrons. The van der Waals surface area contributed by atoms with Gasteiger partial charge in [0, 0.05) is 44.3 Å². The monoisotopic (exact) mass is 284 g/mol. The van der Waals surface area contributed by atoms with Crippen LogP contribution >= 0.6 is 0 Å². The molecule has 4 heteroatoms. The van der Waals surface area contributed by atoms with Crippen LogP contribution in [0.2, 0.25) is 0 Å². The summed E-state index contributed by atoms with van der Waals surface area (Å²) in [4.78, 5) is 9.48. The summed E-state index contributed by atoms with van der Waals surface area (Å²) in [7, 11) is 0. The van der Waals surface area contributed by atoms with E-state index in [1.54, 1.807) is 0 Å². The lowest BCUT2D eigenvalue weighted by molar-refractivity contribution is 0.255. The van der Waals surface area contributed by atoms with E-state index in [9.17, 15) is 0 Å². The van der Waals surface area contributed by atoms with Crippen molar-refractivity contribution >= 4 is 10.9 Å². The zero-order chi connectivity index (χ0) is 14.5. The molecule has 0 radical (unpaired) electrons. The smallest absolute Gasteiger partial charge is 0.0705 e. The highest BCUT2D eigenvalue weighted by molar-refractivity contribution is 5.81. The Balaban J connectivity index is 1.70. The van der Waals surface area contributed by atoms with Crippen LogP contribution in [0.15, 0.2) is 36.5 Å². The normalized spacial score (nSPS) is 18.0. The van der Waals surface area contributed by atoms with Crippen molar-refractivity contribution in [2.45, 2.75) is 13.0 Å². The first kappa shape index (κ1) is 14.4.